The molecule has 0 aromatic rings. The molecule has 0 saturated heterocycles. The van der Waals surface area contributed by atoms with Crippen molar-refractivity contribution in [1.29, 1.82) is 0 Å². The summed E-state index contributed by atoms with van der Waals surface area (Å²) >= 11 is 0. The second-order valence-electron chi connectivity index (χ2n) is 20.6. The normalized spacial score (nSPS) is 12.7. The first kappa shape index (κ1) is 70.3. The number of rotatable bonds is 56. The van der Waals surface area contributed by atoms with Gasteiger partial charge in [-0.1, -0.05) is 291 Å². The van der Waals surface area contributed by atoms with Gasteiger partial charge in [0.15, 0.2) is 6.10 Å². The molecule has 0 amide bonds. The molecule has 0 aliphatic rings. The van der Waals surface area contributed by atoms with E-state index in [9.17, 15) is 14.4 Å². The maximum absolute atomic E-state index is 12.8. The van der Waals surface area contributed by atoms with Gasteiger partial charge in [-0.2, -0.15) is 0 Å². The van der Waals surface area contributed by atoms with Crippen LogP contribution in [0.1, 0.15) is 297 Å². The summed E-state index contributed by atoms with van der Waals surface area (Å²) in [6, 6.07) is 0. The van der Waals surface area contributed by atoms with Gasteiger partial charge >= 0.3 is 17.9 Å². The number of ether oxygens (including phenoxy) is 3. The Labute approximate surface area is 457 Å². The summed E-state index contributed by atoms with van der Waals surface area (Å²) in [5.74, 6) is -0.884. The van der Waals surface area contributed by atoms with Gasteiger partial charge in [0.05, 0.1) is 0 Å². The Balaban J connectivity index is 4.25. The molecular weight excluding hydrogens is 913 g/mol. The van der Waals surface area contributed by atoms with Gasteiger partial charge in [0, 0.05) is 19.3 Å². The monoisotopic (exact) mass is 1030 g/mol. The van der Waals surface area contributed by atoms with E-state index in [2.05, 4.69) is 118 Å². The van der Waals surface area contributed by atoms with Gasteiger partial charge in [-0.3, -0.25) is 14.4 Å². The lowest BCUT2D eigenvalue weighted by atomic mass is 10.0. The van der Waals surface area contributed by atoms with E-state index in [1.54, 1.807) is 0 Å². The minimum atomic E-state index is -0.780. The van der Waals surface area contributed by atoms with Crippen molar-refractivity contribution in [2.24, 2.45) is 0 Å². The minimum Gasteiger partial charge on any atom is -0.462 e. The topological polar surface area (TPSA) is 78.9 Å². The Morgan fingerprint density at radius 2 is 0.527 bits per heavy atom. The Bertz CT molecular complexity index is 1460. The maximum atomic E-state index is 12.8. The minimum absolute atomic E-state index is 0.0778. The molecule has 6 heteroatoms. The zero-order valence-corrected chi connectivity index (χ0v) is 48.6. The average molecular weight is 1030 g/mol. The van der Waals surface area contributed by atoms with Crippen molar-refractivity contribution >= 4 is 17.9 Å². The van der Waals surface area contributed by atoms with Crippen molar-refractivity contribution in [2.75, 3.05) is 13.2 Å². The smallest absolute Gasteiger partial charge is 0.306 e. The van der Waals surface area contributed by atoms with Crippen LogP contribution in [-0.2, 0) is 28.6 Å². The molecule has 0 heterocycles. The standard InChI is InChI=1S/C68H116O6/c1-4-7-10-13-16-19-22-24-26-27-28-29-30-31-32-33-34-35-36-37-38-39-40-41-42-44-46-49-52-55-58-61-67(70)73-64-65(63-72-66(69)60-57-54-51-48-45-21-18-15-12-9-6-3)74-68(71)62-59-56-53-50-47-43-25-23-20-17-14-11-8-5-2/h7,10,16,19,24,26,28-29,31-32,34-35,37-38,40-41,65H,4-6,8-9,11-15,17-18,20-23,25,27,30,33,36,39,42-64H2,1-3H3/b10-7-,19-16-,26-24-,29-28-,32-31-,35-34-,38-37-,41-40-. The predicted molar refractivity (Wildman–Crippen MR) is 320 cm³/mol. The molecule has 6 nitrogen and oxygen atoms in total. The lowest BCUT2D eigenvalue weighted by Gasteiger charge is -2.18. The molecule has 0 aliphatic heterocycles. The summed E-state index contributed by atoms with van der Waals surface area (Å²) in [6.45, 7) is 6.53. The third-order valence-electron chi connectivity index (χ3n) is 13.4. The highest BCUT2D eigenvalue weighted by atomic mass is 16.6. The molecule has 0 saturated carbocycles. The Kier molecular flexibility index (Phi) is 58.8. The highest BCUT2D eigenvalue weighted by Crippen LogP contribution is 2.16. The van der Waals surface area contributed by atoms with Crippen molar-refractivity contribution < 1.29 is 28.6 Å². The zero-order valence-electron chi connectivity index (χ0n) is 48.6. The Morgan fingerprint density at radius 1 is 0.284 bits per heavy atom. The second kappa shape index (κ2) is 61.9. The number of hydrogen-bond donors (Lipinski definition) is 0. The fourth-order valence-electron chi connectivity index (χ4n) is 8.69. The highest BCUT2D eigenvalue weighted by molar-refractivity contribution is 5.71. The van der Waals surface area contributed by atoms with Crippen molar-refractivity contribution in [1.82, 2.24) is 0 Å². The van der Waals surface area contributed by atoms with Gasteiger partial charge < -0.3 is 14.2 Å². The molecule has 0 aromatic heterocycles. The van der Waals surface area contributed by atoms with E-state index in [0.29, 0.717) is 19.3 Å². The van der Waals surface area contributed by atoms with Crippen LogP contribution in [0.5, 0.6) is 0 Å². The van der Waals surface area contributed by atoms with Crippen LogP contribution in [0, 0.1) is 0 Å². The van der Waals surface area contributed by atoms with Crippen LogP contribution in [0.3, 0.4) is 0 Å². The van der Waals surface area contributed by atoms with E-state index in [0.717, 1.165) is 122 Å². The van der Waals surface area contributed by atoms with Crippen molar-refractivity contribution in [3.05, 3.63) is 97.2 Å². The second-order valence-corrected chi connectivity index (χ2v) is 20.6. The third kappa shape index (κ3) is 59.2. The van der Waals surface area contributed by atoms with Crippen LogP contribution in [0.25, 0.3) is 0 Å². The molecular formula is C68H116O6. The van der Waals surface area contributed by atoms with E-state index >= 15 is 0 Å². The summed E-state index contributed by atoms with van der Waals surface area (Å²) in [6.07, 6.45) is 82.7. The van der Waals surface area contributed by atoms with Crippen LogP contribution < -0.4 is 0 Å². The average Bonchev–Trinajstić information content (AvgIpc) is 3.40. The van der Waals surface area contributed by atoms with Gasteiger partial charge in [-0.25, -0.2) is 0 Å². The van der Waals surface area contributed by atoms with E-state index in [1.807, 2.05) is 0 Å². The van der Waals surface area contributed by atoms with Crippen molar-refractivity contribution in [3.8, 4) is 0 Å². The first-order valence-electron chi connectivity index (χ1n) is 31.2. The summed E-state index contributed by atoms with van der Waals surface area (Å²) in [7, 11) is 0. The third-order valence-corrected chi connectivity index (χ3v) is 13.4. The van der Waals surface area contributed by atoms with Gasteiger partial charge in [0.1, 0.15) is 13.2 Å². The molecule has 0 aromatic carbocycles. The van der Waals surface area contributed by atoms with Crippen molar-refractivity contribution in [2.45, 2.75) is 303 Å². The zero-order chi connectivity index (χ0) is 53.6. The van der Waals surface area contributed by atoms with Gasteiger partial charge in [-0.15, -0.1) is 0 Å². The van der Waals surface area contributed by atoms with Crippen LogP contribution >= 0.6 is 0 Å². The molecule has 74 heavy (non-hydrogen) atoms. The Hall–Kier alpha value is -3.67. The number of carbonyl (C=O) groups is 3. The fourth-order valence-corrected chi connectivity index (χ4v) is 8.69. The molecule has 0 N–H and O–H groups in total. The van der Waals surface area contributed by atoms with Crippen molar-refractivity contribution in [3.63, 3.8) is 0 Å². The fraction of sp³-hybridized carbons (Fsp3) is 0.721. The molecule has 1 unspecified atom stereocenters. The molecule has 0 bridgehead atoms. The van der Waals surface area contributed by atoms with E-state index in [1.165, 1.54) is 135 Å². The molecule has 0 spiro atoms. The SMILES string of the molecule is CC/C=C\C/C=C\C/C=C\C/C=C\C/C=C\C/C=C\C/C=C\C/C=C\CCCCCCCCC(=O)OCC(COC(=O)CCCCCCCCCCCCC)OC(=O)CCCCCCCCCCCCCCCC. The first-order chi connectivity index (χ1) is 36.5. The highest BCUT2D eigenvalue weighted by Gasteiger charge is 2.19. The summed E-state index contributed by atoms with van der Waals surface area (Å²) in [4.78, 5) is 38.2. The molecule has 0 aliphatic carbocycles. The van der Waals surface area contributed by atoms with Crippen LogP contribution in [-0.4, -0.2) is 37.2 Å². The summed E-state index contributed by atoms with van der Waals surface area (Å²) < 4.78 is 16.9. The maximum Gasteiger partial charge on any atom is 0.306 e. The van der Waals surface area contributed by atoms with E-state index in [4.69, 9.17) is 14.2 Å². The quantitative estimate of drug-likeness (QED) is 0.0261. The predicted octanol–water partition coefficient (Wildman–Crippen LogP) is 21.3. The van der Waals surface area contributed by atoms with Crippen LogP contribution in [0.2, 0.25) is 0 Å². The van der Waals surface area contributed by atoms with E-state index < -0.39 is 6.10 Å². The summed E-state index contributed by atoms with van der Waals surface area (Å²) in [5, 5.41) is 0. The summed E-state index contributed by atoms with van der Waals surface area (Å²) in [5.41, 5.74) is 0. The van der Waals surface area contributed by atoms with Gasteiger partial charge in [-0.05, 0) is 83.5 Å². The van der Waals surface area contributed by atoms with E-state index in [-0.39, 0.29) is 31.1 Å². The molecule has 0 rings (SSSR count). The molecule has 0 fully saturated rings. The number of hydrogen-bond acceptors (Lipinski definition) is 6. The largest absolute Gasteiger partial charge is 0.462 e. The number of carbonyl (C=O) groups excluding carboxylic acids is 3. The number of esters is 3. The number of unbranched alkanes of at least 4 members (excludes halogenated alkanes) is 29. The first-order valence-corrected chi connectivity index (χ1v) is 31.2. The van der Waals surface area contributed by atoms with Gasteiger partial charge in [0.2, 0.25) is 0 Å². The lowest BCUT2D eigenvalue weighted by molar-refractivity contribution is -0.167. The lowest BCUT2D eigenvalue weighted by Crippen LogP contribution is -2.30. The number of allylic oxidation sites excluding steroid dienone is 16. The molecule has 424 valence electrons. The van der Waals surface area contributed by atoms with Crippen LogP contribution in [0.15, 0.2) is 97.2 Å². The molecule has 0 radical (unpaired) electrons. The molecule has 1 atom stereocenters. The van der Waals surface area contributed by atoms with Gasteiger partial charge in [0.25, 0.3) is 0 Å². The van der Waals surface area contributed by atoms with Crippen LogP contribution in [0.4, 0.5) is 0 Å². The Morgan fingerprint density at radius 3 is 0.824 bits per heavy atom.